The number of hydrogen-bond acceptors (Lipinski definition) is 4. The summed E-state index contributed by atoms with van der Waals surface area (Å²) in [5.41, 5.74) is 4.39. The molecule has 0 radical (unpaired) electrons. The van der Waals surface area contributed by atoms with Gasteiger partial charge < -0.3 is 10.2 Å². The Labute approximate surface area is 161 Å². The molecule has 5 nitrogen and oxygen atoms in total. The number of carbonyl (C=O) groups is 1. The van der Waals surface area contributed by atoms with Gasteiger partial charge in [-0.3, -0.25) is 9.20 Å². The van der Waals surface area contributed by atoms with Crippen molar-refractivity contribution < 1.29 is 4.79 Å². The average Bonchev–Trinajstić information content (AvgIpc) is 3.25. The van der Waals surface area contributed by atoms with E-state index in [4.69, 9.17) is 0 Å². The Kier molecular flexibility index (Phi) is 4.64. The minimum Gasteiger partial charge on any atom is -0.355 e. The van der Waals surface area contributed by atoms with Crippen molar-refractivity contribution >= 4 is 33.6 Å². The number of para-hydroxylation sites is 2. The highest BCUT2D eigenvalue weighted by Gasteiger charge is 2.19. The number of rotatable bonds is 5. The fourth-order valence-electron chi connectivity index (χ4n) is 3.09. The molecule has 0 unspecified atom stereocenters. The van der Waals surface area contributed by atoms with Crippen molar-refractivity contribution in [3.63, 3.8) is 0 Å². The number of aryl methyl sites for hydroxylation is 1. The summed E-state index contributed by atoms with van der Waals surface area (Å²) in [4.78, 5) is 20.4. The minimum absolute atomic E-state index is 0.0291. The zero-order valence-electron chi connectivity index (χ0n) is 15.2. The van der Waals surface area contributed by atoms with E-state index in [0.717, 1.165) is 27.7 Å². The topological polar surface area (TPSA) is 49.6 Å². The highest BCUT2D eigenvalue weighted by molar-refractivity contribution is 7.15. The van der Waals surface area contributed by atoms with Crippen LogP contribution in [-0.4, -0.2) is 27.2 Å². The number of hydrogen-bond donors (Lipinski definition) is 1. The van der Waals surface area contributed by atoms with Gasteiger partial charge in [0.15, 0.2) is 4.96 Å². The summed E-state index contributed by atoms with van der Waals surface area (Å²) < 4.78 is 2.05. The van der Waals surface area contributed by atoms with Crippen molar-refractivity contribution in [1.29, 1.82) is 0 Å². The Hall–Kier alpha value is -3.12. The Morgan fingerprint density at radius 1 is 1.15 bits per heavy atom. The molecule has 0 saturated heterocycles. The van der Waals surface area contributed by atoms with Crippen LogP contribution in [0.3, 0.4) is 0 Å². The Morgan fingerprint density at radius 3 is 2.70 bits per heavy atom. The highest BCUT2D eigenvalue weighted by Crippen LogP contribution is 2.23. The van der Waals surface area contributed by atoms with Crippen molar-refractivity contribution in [3.8, 4) is 0 Å². The summed E-state index contributed by atoms with van der Waals surface area (Å²) in [7, 11) is 1.83. The predicted octanol–water partition coefficient (Wildman–Crippen LogP) is 4.72. The van der Waals surface area contributed by atoms with Crippen LogP contribution in [0.5, 0.6) is 0 Å². The first-order chi connectivity index (χ1) is 13.1. The van der Waals surface area contributed by atoms with Crippen LogP contribution in [0.4, 0.5) is 11.4 Å². The second kappa shape index (κ2) is 7.25. The molecule has 1 amide bonds. The van der Waals surface area contributed by atoms with E-state index in [-0.39, 0.29) is 5.91 Å². The number of amides is 1. The lowest BCUT2D eigenvalue weighted by Gasteiger charge is -2.20. The maximum absolute atomic E-state index is 13.1. The van der Waals surface area contributed by atoms with Gasteiger partial charge in [-0.1, -0.05) is 30.3 Å². The van der Waals surface area contributed by atoms with E-state index in [1.54, 1.807) is 16.2 Å². The molecule has 4 aromatic rings. The number of imidazole rings is 1. The molecule has 0 aliphatic rings. The van der Waals surface area contributed by atoms with E-state index >= 15 is 0 Å². The van der Waals surface area contributed by atoms with Crippen molar-refractivity contribution in [1.82, 2.24) is 14.3 Å². The van der Waals surface area contributed by atoms with Crippen molar-refractivity contribution in [2.24, 2.45) is 0 Å². The van der Waals surface area contributed by atoms with Crippen LogP contribution in [0.2, 0.25) is 0 Å². The largest absolute Gasteiger partial charge is 0.355 e. The molecular formula is C21H20N4OS. The smallest absolute Gasteiger partial charge is 0.256 e. The molecule has 4 rings (SSSR count). The standard InChI is InChI=1S/C21H20N4OS/c1-15-19(25-12-13-27-21(25)22-15)14-24(2)20(26)17-10-6-7-11-18(17)23-16-8-4-3-5-9-16/h3-13,23H,14H2,1-2H3. The van der Waals surface area contributed by atoms with Crippen LogP contribution in [0, 0.1) is 6.92 Å². The van der Waals surface area contributed by atoms with E-state index in [1.807, 2.05) is 80.1 Å². The quantitative estimate of drug-likeness (QED) is 0.548. The molecule has 136 valence electrons. The van der Waals surface area contributed by atoms with E-state index < -0.39 is 0 Å². The summed E-state index contributed by atoms with van der Waals surface area (Å²) in [6.07, 6.45) is 2.00. The zero-order chi connectivity index (χ0) is 18.8. The third-order valence-electron chi connectivity index (χ3n) is 4.51. The number of nitrogens with zero attached hydrogens (tertiary/aromatic N) is 3. The molecule has 0 aliphatic carbocycles. The third kappa shape index (κ3) is 3.44. The molecule has 0 atom stereocenters. The van der Waals surface area contributed by atoms with E-state index in [0.29, 0.717) is 12.1 Å². The van der Waals surface area contributed by atoms with Crippen LogP contribution in [0.25, 0.3) is 4.96 Å². The first-order valence-electron chi connectivity index (χ1n) is 8.71. The van der Waals surface area contributed by atoms with Gasteiger partial charge in [-0.25, -0.2) is 4.98 Å². The van der Waals surface area contributed by atoms with Crippen LogP contribution < -0.4 is 5.32 Å². The van der Waals surface area contributed by atoms with Gasteiger partial charge in [0, 0.05) is 24.3 Å². The maximum Gasteiger partial charge on any atom is 0.256 e. The van der Waals surface area contributed by atoms with Gasteiger partial charge in [0.1, 0.15) is 0 Å². The fraction of sp³-hybridized carbons (Fsp3) is 0.143. The molecule has 6 heteroatoms. The molecule has 0 saturated carbocycles. The number of carbonyl (C=O) groups excluding carboxylic acids is 1. The second-order valence-electron chi connectivity index (χ2n) is 6.40. The summed E-state index contributed by atoms with van der Waals surface area (Å²) in [6, 6.07) is 17.5. The summed E-state index contributed by atoms with van der Waals surface area (Å²) >= 11 is 1.60. The van der Waals surface area contributed by atoms with E-state index in [1.165, 1.54) is 0 Å². The number of fused-ring (bicyclic) bond motifs is 1. The molecule has 0 spiro atoms. The Bertz CT molecular complexity index is 1080. The Morgan fingerprint density at radius 2 is 1.89 bits per heavy atom. The molecular weight excluding hydrogens is 356 g/mol. The van der Waals surface area contributed by atoms with Crippen LogP contribution >= 0.6 is 11.3 Å². The van der Waals surface area contributed by atoms with Gasteiger partial charge in [-0.05, 0) is 31.2 Å². The molecule has 0 fully saturated rings. The zero-order valence-corrected chi connectivity index (χ0v) is 16.0. The molecule has 2 aromatic heterocycles. The Balaban J connectivity index is 1.59. The molecule has 27 heavy (non-hydrogen) atoms. The van der Waals surface area contributed by atoms with Crippen molar-refractivity contribution in [2.75, 3.05) is 12.4 Å². The number of thiazole rings is 1. The lowest BCUT2D eigenvalue weighted by Crippen LogP contribution is -2.27. The summed E-state index contributed by atoms with van der Waals surface area (Å²) in [5.74, 6) is -0.0291. The summed E-state index contributed by atoms with van der Waals surface area (Å²) in [6.45, 7) is 2.49. The number of benzene rings is 2. The van der Waals surface area contributed by atoms with Gasteiger partial charge in [-0.15, -0.1) is 11.3 Å². The SMILES string of the molecule is Cc1nc2sccn2c1CN(C)C(=O)c1ccccc1Nc1ccccc1. The minimum atomic E-state index is -0.0291. The van der Waals surface area contributed by atoms with E-state index in [2.05, 4.69) is 14.7 Å². The van der Waals surface area contributed by atoms with Crippen LogP contribution in [0.15, 0.2) is 66.2 Å². The monoisotopic (exact) mass is 376 g/mol. The molecule has 2 heterocycles. The van der Waals surface area contributed by atoms with Crippen molar-refractivity contribution in [3.05, 3.63) is 83.1 Å². The highest BCUT2D eigenvalue weighted by atomic mass is 32.1. The van der Waals surface area contributed by atoms with Gasteiger partial charge in [0.25, 0.3) is 5.91 Å². The molecule has 2 aromatic carbocycles. The van der Waals surface area contributed by atoms with E-state index in [9.17, 15) is 4.79 Å². The number of nitrogens with one attached hydrogen (secondary N) is 1. The molecule has 1 N–H and O–H groups in total. The lowest BCUT2D eigenvalue weighted by atomic mass is 10.1. The maximum atomic E-state index is 13.1. The van der Waals surface area contributed by atoms with Gasteiger partial charge in [0.05, 0.1) is 29.2 Å². The average molecular weight is 376 g/mol. The number of anilines is 2. The van der Waals surface area contributed by atoms with Crippen LogP contribution in [-0.2, 0) is 6.54 Å². The lowest BCUT2D eigenvalue weighted by molar-refractivity contribution is 0.0784. The third-order valence-corrected chi connectivity index (χ3v) is 5.26. The normalized spacial score (nSPS) is 10.9. The number of aromatic nitrogens is 2. The second-order valence-corrected chi connectivity index (χ2v) is 7.27. The van der Waals surface area contributed by atoms with Crippen molar-refractivity contribution in [2.45, 2.75) is 13.5 Å². The first-order valence-corrected chi connectivity index (χ1v) is 9.59. The fourth-order valence-corrected chi connectivity index (χ4v) is 3.87. The molecule has 0 bridgehead atoms. The van der Waals surface area contributed by atoms with Gasteiger partial charge in [0.2, 0.25) is 0 Å². The van der Waals surface area contributed by atoms with Crippen LogP contribution in [0.1, 0.15) is 21.7 Å². The van der Waals surface area contributed by atoms with Gasteiger partial charge >= 0.3 is 0 Å². The summed E-state index contributed by atoms with van der Waals surface area (Å²) in [5, 5.41) is 5.35. The van der Waals surface area contributed by atoms with Gasteiger partial charge in [-0.2, -0.15) is 0 Å². The molecule has 0 aliphatic heterocycles. The predicted molar refractivity (Wildman–Crippen MR) is 110 cm³/mol. The first kappa shape index (κ1) is 17.3.